The monoisotopic (exact) mass is 357 g/mol. The number of methoxy groups -OCH3 is 1. The van der Waals surface area contributed by atoms with Crippen LogP contribution in [0, 0.1) is 0 Å². The van der Waals surface area contributed by atoms with Crippen LogP contribution >= 0.6 is 0 Å². The molecule has 1 aliphatic carbocycles. The second-order valence-electron chi connectivity index (χ2n) is 6.98. The van der Waals surface area contributed by atoms with Gasteiger partial charge in [0, 0.05) is 32.3 Å². The van der Waals surface area contributed by atoms with Crippen LogP contribution in [0.3, 0.4) is 0 Å². The van der Waals surface area contributed by atoms with Gasteiger partial charge in [0.2, 0.25) is 0 Å². The maximum atomic E-state index is 12.6. The minimum Gasteiger partial charge on any atom is -0.453 e. The topological polar surface area (TPSA) is 89.3 Å². The number of nitrogens with zero attached hydrogens (tertiary/aromatic N) is 4. The summed E-state index contributed by atoms with van der Waals surface area (Å²) in [6.07, 6.45) is 3.51. The van der Waals surface area contributed by atoms with E-state index in [4.69, 9.17) is 9.72 Å². The van der Waals surface area contributed by atoms with E-state index in [1.165, 1.54) is 7.11 Å². The summed E-state index contributed by atoms with van der Waals surface area (Å²) >= 11 is 0. The van der Waals surface area contributed by atoms with Gasteiger partial charge in [-0.3, -0.25) is 14.4 Å². The molecule has 1 saturated heterocycles. The average Bonchev–Trinajstić information content (AvgIpc) is 3.31. The predicted octanol–water partition coefficient (Wildman–Crippen LogP) is 2.11. The first-order valence-corrected chi connectivity index (χ1v) is 8.99. The molecule has 1 N–H and O–H groups in total. The molecule has 8 nitrogen and oxygen atoms in total. The summed E-state index contributed by atoms with van der Waals surface area (Å²) in [5.41, 5.74) is 2.94. The first kappa shape index (κ1) is 16.8. The number of carbonyl (C=O) groups excluding carboxylic acids is 2. The number of fused-ring (bicyclic) bond motifs is 1. The largest absolute Gasteiger partial charge is 0.453 e. The summed E-state index contributed by atoms with van der Waals surface area (Å²) in [6, 6.07) is 1.68. The molecule has 2 amide bonds. The number of likely N-dealkylation sites (tertiary alicyclic amines) is 1. The molecule has 0 aromatic carbocycles. The summed E-state index contributed by atoms with van der Waals surface area (Å²) in [4.78, 5) is 31.2. The van der Waals surface area contributed by atoms with Crippen LogP contribution in [0.1, 0.15) is 59.4 Å². The van der Waals surface area contributed by atoms with E-state index in [2.05, 4.69) is 10.4 Å². The van der Waals surface area contributed by atoms with E-state index in [1.54, 1.807) is 16.6 Å². The lowest BCUT2D eigenvalue weighted by Gasteiger charge is -2.22. The van der Waals surface area contributed by atoms with Gasteiger partial charge in [0.15, 0.2) is 5.65 Å². The summed E-state index contributed by atoms with van der Waals surface area (Å²) in [5, 5.41) is 8.12. The van der Waals surface area contributed by atoms with Crippen molar-refractivity contribution in [1.82, 2.24) is 25.0 Å². The van der Waals surface area contributed by atoms with Gasteiger partial charge in [0.05, 0.1) is 29.8 Å². The van der Waals surface area contributed by atoms with E-state index in [-0.39, 0.29) is 18.0 Å². The fraction of sp³-hybridized carbons (Fsp3) is 0.556. The fourth-order valence-electron chi connectivity index (χ4n) is 3.82. The zero-order valence-electron chi connectivity index (χ0n) is 15.3. The molecule has 0 bridgehead atoms. The van der Waals surface area contributed by atoms with Gasteiger partial charge in [-0.2, -0.15) is 5.10 Å². The number of pyridine rings is 1. The molecule has 2 aliphatic rings. The van der Waals surface area contributed by atoms with E-state index in [9.17, 15) is 9.59 Å². The van der Waals surface area contributed by atoms with Crippen molar-refractivity contribution in [2.24, 2.45) is 7.05 Å². The Kier molecular flexibility index (Phi) is 4.05. The zero-order chi connectivity index (χ0) is 18.4. The molecule has 1 saturated carbocycles. The highest BCUT2D eigenvalue weighted by Gasteiger charge is 2.36. The Morgan fingerprint density at radius 3 is 2.73 bits per heavy atom. The van der Waals surface area contributed by atoms with Crippen LogP contribution in [0.25, 0.3) is 11.0 Å². The van der Waals surface area contributed by atoms with Crippen molar-refractivity contribution in [3.63, 3.8) is 0 Å². The number of hydrogen-bond acceptors (Lipinski definition) is 5. The molecule has 138 valence electrons. The van der Waals surface area contributed by atoms with Crippen molar-refractivity contribution >= 4 is 23.0 Å². The van der Waals surface area contributed by atoms with Crippen molar-refractivity contribution in [1.29, 1.82) is 0 Å². The van der Waals surface area contributed by atoms with Gasteiger partial charge in [0.25, 0.3) is 5.91 Å². The Bertz CT molecular complexity index is 887. The van der Waals surface area contributed by atoms with E-state index in [0.717, 1.165) is 42.5 Å². The second-order valence-corrected chi connectivity index (χ2v) is 6.98. The highest BCUT2D eigenvalue weighted by Crippen LogP contribution is 2.42. The summed E-state index contributed by atoms with van der Waals surface area (Å²) in [6.45, 7) is 0.623. The van der Waals surface area contributed by atoms with Gasteiger partial charge in [-0.1, -0.05) is 0 Å². The smallest absolute Gasteiger partial charge is 0.410 e. The average molecular weight is 357 g/mol. The van der Waals surface area contributed by atoms with E-state index in [0.29, 0.717) is 23.7 Å². The lowest BCUT2D eigenvalue weighted by molar-refractivity contribution is 0.0964. The molecular formula is C18H23N5O3. The molecule has 2 aromatic heterocycles. The molecule has 0 spiro atoms. The zero-order valence-corrected chi connectivity index (χ0v) is 15.3. The van der Waals surface area contributed by atoms with Crippen LogP contribution in [0.4, 0.5) is 4.79 Å². The summed E-state index contributed by atoms with van der Waals surface area (Å²) in [7, 11) is 4.84. The van der Waals surface area contributed by atoms with Crippen LogP contribution in [0.2, 0.25) is 0 Å². The van der Waals surface area contributed by atoms with Crippen molar-refractivity contribution in [2.75, 3.05) is 20.7 Å². The van der Waals surface area contributed by atoms with Crippen LogP contribution in [0.5, 0.6) is 0 Å². The van der Waals surface area contributed by atoms with Gasteiger partial charge in [-0.05, 0) is 31.7 Å². The molecule has 1 aliphatic heterocycles. The summed E-state index contributed by atoms with van der Waals surface area (Å²) < 4.78 is 6.64. The highest BCUT2D eigenvalue weighted by molar-refractivity contribution is 6.06. The van der Waals surface area contributed by atoms with Gasteiger partial charge in [-0.15, -0.1) is 0 Å². The van der Waals surface area contributed by atoms with Crippen LogP contribution in [-0.2, 0) is 11.8 Å². The van der Waals surface area contributed by atoms with Crippen molar-refractivity contribution in [2.45, 2.75) is 37.6 Å². The third-order valence-electron chi connectivity index (χ3n) is 5.29. The maximum absolute atomic E-state index is 12.6. The molecule has 4 rings (SSSR count). The Balaban J connectivity index is 1.90. The number of rotatable bonds is 3. The number of nitrogens with one attached hydrogen (secondary N) is 1. The lowest BCUT2D eigenvalue weighted by atomic mass is 10.0. The van der Waals surface area contributed by atoms with Crippen molar-refractivity contribution in [3.8, 4) is 0 Å². The number of amides is 2. The number of hydrogen-bond donors (Lipinski definition) is 1. The predicted molar refractivity (Wildman–Crippen MR) is 95.0 cm³/mol. The molecule has 2 fully saturated rings. The third kappa shape index (κ3) is 2.60. The number of carbonyl (C=O) groups is 2. The highest BCUT2D eigenvalue weighted by atomic mass is 16.5. The first-order chi connectivity index (χ1) is 12.5. The van der Waals surface area contributed by atoms with Gasteiger partial charge in [-0.25, -0.2) is 9.78 Å². The quantitative estimate of drug-likeness (QED) is 0.909. The lowest BCUT2D eigenvalue weighted by Crippen LogP contribution is -2.31. The van der Waals surface area contributed by atoms with Gasteiger partial charge in [0.1, 0.15) is 0 Å². The van der Waals surface area contributed by atoms with Crippen molar-refractivity contribution in [3.05, 3.63) is 23.0 Å². The van der Waals surface area contributed by atoms with Gasteiger partial charge < -0.3 is 10.1 Å². The normalized spacial score (nSPS) is 19.8. The SMILES string of the molecule is CNC(=O)c1cc(C2CC2)nc2c1c(C1CCCN1C(=O)OC)nn2C. The van der Waals surface area contributed by atoms with Crippen LogP contribution in [-0.4, -0.2) is 52.4 Å². The second kappa shape index (κ2) is 6.26. The molecule has 26 heavy (non-hydrogen) atoms. The van der Waals surface area contributed by atoms with Crippen LogP contribution < -0.4 is 5.32 Å². The maximum Gasteiger partial charge on any atom is 0.410 e. The standard InChI is InChI=1S/C18H23N5O3/c1-19-17(24)11-9-12(10-6-7-10)20-16-14(11)15(21-22(16)2)13-5-4-8-23(13)18(25)26-3/h9-10,13H,4-8H2,1-3H3,(H,19,24). The molecule has 0 radical (unpaired) electrons. The Morgan fingerprint density at radius 1 is 1.31 bits per heavy atom. The molecule has 1 unspecified atom stereocenters. The summed E-state index contributed by atoms with van der Waals surface area (Å²) in [5.74, 6) is 0.273. The van der Waals surface area contributed by atoms with E-state index >= 15 is 0 Å². The first-order valence-electron chi connectivity index (χ1n) is 8.99. The van der Waals surface area contributed by atoms with E-state index in [1.807, 2.05) is 13.1 Å². The Hall–Kier alpha value is -2.64. The Labute approximate surface area is 151 Å². The minimum absolute atomic E-state index is 0.156. The fourth-order valence-corrected chi connectivity index (χ4v) is 3.82. The van der Waals surface area contributed by atoms with E-state index < -0.39 is 0 Å². The molecule has 8 heteroatoms. The Morgan fingerprint density at radius 2 is 2.08 bits per heavy atom. The van der Waals surface area contributed by atoms with Gasteiger partial charge >= 0.3 is 6.09 Å². The minimum atomic E-state index is -0.365. The molecular weight excluding hydrogens is 334 g/mol. The number of aromatic nitrogens is 3. The number of ether oxygens (including phenoxy) is 1. The van der Waals surface area contributed by atoms with Crippen molar-refractivity contribution < 1.29 is 14.3 Å². The molecule has 1 atom stereocenters. The molecule has 2 aromatic rings. The molecule has 3 heterocycles. The third-order valence-corrected chi connectivity index (χ3v) is 5.29. The number of aryl methyl sites for hydroxylation is 1. The van der Waals surface area contributed by atoms with Crippen LogP contribution in [0.15, 0.2) is 6.07 Å².